The number of ketones is 2. The fraction of sp³-hybridized carbons (Fsp3) is 0.592. The Labute approximate surface area is 461 Å². The van der Waals surface area contributed by atoms with E-state index < -0.39 is 198 Å². The summed E-state index contributed by atoms with van der Waals surface area (Å²) in [6, 6.07) is -2.98. The van der Waals surface area contributed by atoms with Crippen LogP contribution in [0.25, 0.3) is 0 Å². The van der Waals surface area contributed by atoms with Crippen LogP contribution in [0, 0.1) is 11.8 Å². The van der Waals surface area contributed by atoms with Crippen LogP contribution in [-0.4, -0.2) is 244 Å². The summed E-state index contributed by atoms with van der Waals surface area (Å²) in [6.45, 7) is 4.17. The summed E-state index contributed by atoms with van der Waals surface area (Å²) in [5, 5.41) is 124. The minimum atomic E-state index is -2.89. The number of aliphatic hydroxyl groups excluding tert-OH is 8. The van der Waals surface area contributed by atoms with Crippen LogP contribution in [-0.2, 0) is 57.4 Å². The number of carboxylic acid groups (broad SMARTS) is 1. The molecule has 1 heterocycles. The smallest absolute Gasteiger partial charge is 0.326 e. The summed E-state index contributed by atoms with van der Waals surface area (Å²) in [4.78, 5) is 124. The number of aliphatic carboxylic acids is 1. The molecule has 0 spiro atoms. The van der Waals surface area contributed by atoms with Gasteiger partial charge >= 0.3 is 5.97 Å². The van der Waals surface area contributed by atoms with Crippen molar-refractivity contribution in [3.8, 4) is 5.75 Å². The number of hydrogen-bond acceptors (Lipinski definition) is 24. The van der Waals surface area contributed by atoms with Crippen molar-refractivity contribution in [1.29, 1.82) is 0 Å². The highest BCUT2D eigenvalue weighted by molar-refractivity contribution is 6.25. The molecule has 5 rings (SSSR count). The average Bonchev–Trinajstić information content (AvgIpc) is 3.57. The molecular formula is C49H71N7O25. The van der Waals surface area contributed by atoms with Crippen LogP contribution in [0.5, 0.6) is 5.75 Å². The van der Waals surface area contributed by atoms with Crippen LogP contribution >= 0.6 is 0 Å². The molecule has 0 saturated carbocycles. The topological polar surface area (TPSA) is 556 Å². The van der Waals surface area contributed by atoms with Crippen molar-refractivity contribution in [3.05, 3.63) is 52.0 Å². The van der Waals surface area contributed by atoms with E-state index in [-0.39, 0.29) is 35.9 Å². The van der Waals surface area contributed by atoms with Crippen LogP contribution in [0.4, 0.5) is 0 Å². The van der Waals surface area contributed by atoms with Gasteiger partial charge in [-0.3, -0.25) is 43.3 Å². The third kappa shape index (κ3) is 14.3. The van der Waals surface area contributed by atoms with E-state index in [9.17, 15) is 104 Å². The number of fused-ring (bicyclic) bond motifs is 3. The number of likely N-dealkylation sites (N-methyl/N-ethyl adjacent to an activating group) is 1. The molecule has 18 atom stereocenters. The van der Waals surface area contributed by atoms with Crippen molar-refractivity contribution >= 4 is 59.3 Å². The van der Waals surface area contributed by atoms with Gasteiger partial charge in [0.25, 0.3) is 5.91 Å². The molecule has 0 aromatic heterocycles. The average molecular weight is 1160 g/mol. The first-order chi connectivity index (χ1) is 37.2. The monoisotopic (exact) mass is 1160 g/mol. The van der Waals surface area contributed by atoms with Crippen LogP contribution < -0.4 is 32.7 Å². The molecule has 0 bridgehead atoms. The Balaban J connectivity index is 0.000000450. The number of amides is 6. The predicted molar refractivity (Wildman–Crippen MR) is 270 cm³/mol. The summed E-state index contributed by atoms with van der Waals surface area (Å²) in [6.07, 6.45) is -16.2. The van der Waals surface area contributed by atoms with Crippen molar-refractivity contribution in [2.75, 3.05) is 27.3 Å². The van der Waals surface area contributed by atoms with Gasteiger partial charge in [-0.05, 0) is 51.9 Å². The molecule has 81 heavy (non-hydrogen) atoms. The lowest BCUT2D eigenvalue weighted by Gasteiger charge is -2.53. The van der Waals surface area contributed by atoms with Crippen LogP contribution in [0.2, 0.25) is 0 Å². The highest BCUT2D eigenvalue weighted by Crippen LogP contribution is 2.55. The number of carbonyl (C=O) groups excluding carboxylic acids is 9. The van der Waals surface area contributed by atoms with Crippen molar-refractivity contribution in [3.63, 3.8) is 0 Å². The Kier molecular flexibility index (Phi) is 23.6. The number of nitrogens with one attached hydrogen (secondary N) is 4. The normalized spacial score (nSPS) is 28.5. The van der Waals surface area contributed by atoms with Crippen LogP contribution in [0.15, 0.2) is 40.9 Å². The molecule has 1 aliphatic heterocycles. The number of carbonyl (C=O) groups is 10. The zero-order chi connectivity index (χ0) is 60.7. The van der Waals surface area contributed by atoms with Gasteiger partial charge in [-0.2, -0.15) is 0 Å². The Morgan fingerprint density at radius 1 is 0.901 bits per heavy atom. The Bertz CT molecular complexity index is 2630. The first-order valence-corrected chi connectivity index (χ1v) is 24.7. The second kappa shape index (κ2) is 28.1. The van der Waals surface area contributed by atoms with E-state index in [0.29, 0.717) is 5.56 Å². The Morgan fingerprint density at radius 2 is 1.52 bits per heavy atom. The minimum absolute atomic E-state index is 0. The summed E-state index contributed by atoms with van der Waals surface area (Å²) < 4.78 is 17.0. The van der Waals surface area contributed by atoms with Gasteiger partial charge in [0.15, 0.2) is 17.7 Å². The van der Waals surface area contributed by atoms with E-state index in [1.54, 1.807) is 19.1 Å². The van der Waals surface area contributed by atoms with E-state index in [2.05, 4.69) is 21.3 Å². The summed E-state index contributed by atoms with van der Waals surface area (Å²) in [5.74, 6) is -14.6. The molecule has 4 aliphatic rings. The van der Waals surface area contributed by atoms with Gasteiger partial charge in [0.05, 0.1) is 36.8 Å². The molecule has 1 fully saturated rings. The maximum Gasteiger partial charge on any atom is 0.326 e. The molecule has 21 N–H and O–H groups in total. The number of phenols is 1. The van der Waals surface area contributed by atoms with Crippen molar-refractivity contribution in [2.24, 2.45) is 23.3 Å². The first-order valence-electron chi connectivity index (χ1n) is 24.7. The number of nitrogens with two attached hydrogens (primary N) is 2. The third-order valence-electron chi connectivity index (χ3n) is 14.1. The maximum absolute atomic E-state index is 13.3. The number of carboxylic acids is 1. The standard InChI is InChI=1S/C27H45N5O16.C22H24N2O8.H2O/c1-10(24(42)32-14(26(44)45)5-6-18(28)39)29-25(43)11(2)46-22(15(7-33)30-12(3)36)23(16(38)8-34)48-27-19(31-13(4)37)21(41)20(40)17(9-35)47-27;1-7-8-5-4-6-9(25)11(8)16(26)12-10(7)17(27)14-15(24(2)3)18(28)13(21(23)31)20(30)22(14,32)19(12)29;/h7,10-11,14-17,19-23,27,34-35,38,40-41H,5-6,8-9H2,1-4H3,(H2,28,39)(H,29,43)(H,30,36)(H,31,37)(H,32,42)(H,44,45);4-7,10,14-15,17,25,27-29,32H,1-3H3,(H2,23,31);1H2/t;7-,10+,14+,15-,17-,22-;/m.0./s1. The van der Waals surface area contributed by atoms with E-state index in [1.807, 2.05) is 0 Å². The third-order valence-corrected chi connectivity index (χ3v) is 14.1. The van der Waals surface area contributed by atoms with Crippen LogP contribution in [0.3, 0.4) is 0 Å². The number of aliphatic hydroxyl groups is 9. The zero-order valence-corrected chi connectivity index (χ0v) is 44.8. The SMILES string of the molecule is CC(=O)NC(C=O)C(OC(C)C(=O)NC(C)C(=O)NC(CCC(N)=O)C(=O)O)C(OC1OC(CO)C(O)C(O)C1NC(C)=O)C(O)CO.C[C@H]1c2cccc(O)c2C(=O)C2=C(O)[C@]3(O)C(=O)C(C(N)=O)=C(O)[C@@H](N(C)C)[C@@H]3[C@@H](O)[C@@H]21.O. The zero-order valence-electron chi connectivity index (χ0n) is 44.8. The molecule has 1 aromatic carbocycles. The first kappa shape index (κ1) is 68.2. The van der Waals surface area contributed by atoms with Gasteiger partial charge in [-0.15, -0.1) is 0 Å². The second-order valence-electron chi connectivity index (χ2n) is 19.8. The van der Waals surface area contributed by atoms with Gasteiger partial charge in [-0.25, -0.2) is 4.79 Å². The van der Waals surface area contributed by atoms with E-state index in [1.165, 1.54) is 32.0 Å². The minimum Gasteiger partial charge on any atom is -0.510 e. The number of Topliss-reactive ketones (excluding diaryl/α,β-unsaturated/α-hetero) is 2. The number of phenolic OH excluding ortho intramolecular Hbond substituents is 1. The molecule has 32 nitrogen and oxygen atoms in total. The lowest BCUT2D eigenvalue weighted by molar-refractivity contribution is -0.302. The summed E-state index contributed by atoms with van der Waals surface area (Å²) in [5.41, 5.74) is 6.39. The van der Waals surface area contributed by atoms with E-state index >= 15 is 0 Å². The van der Waals surface area contributed by atoms with Gasteiger partial charge < -0.3 is 113 Å². The number of ether oxygens (including phenoxy) is 3. The fourth-order valence-corrected chi connectivity index (χ4v) is 10.1. The van der Waals surface area contributed by atoms with Crippen molar-refractivity contribution < 1.29 is 124 Å². The fourth-order valence-electron chi connectivity index (χ4n) is 10.1. The quantitative estimate of drug-likeness (QED) is 0.0379. The summed E-state index contributed by atoms with van der Waals surface area (Å²) >= 11 is 0. The van der Waals surface area contributed by atoms with Gasteiger partial charge in [0, 0.05) is 31.8 Å². The molecule has 12 unspecified atom stereocenters. The molecular weight excluding hydrogens is 1090 g/mol. The molecule has 3 aliphatic carbocycles. The lowest BCUT2D eigenvalue weighted by Crippen LogP contribution is -2.68. The summed E-state index contributed by atoms with van der Waals surface area (Å²) in [7, 11) is 2.98. The largest absolute Gasteiger partial charge is 0.510 e. The number of benzene rings is 1. The highest BCUT2D eigenvalue weighted by Gasteiger charge is 2.67. The van der Waals surface area contributed by atoms with Gasteiger partial charge in [-0.1, -0.05) is 19.1 Å². The maximum atomic E-state index is 13.3. The van der Waals surface area contributed by atoms with E-state index in [4.69, 9.17) is 25.7 Å². The number of aromatic hydroxyl groups is 1. The van der Waals surface area contributed by atoms with E-state index in [0.717, 1.165) is 20.8 Å². The number of primary amides is 2. The number of hydrogen-bond donors (Lipinski definition) is 17. The second-order valence-corrected chi connectivity index (χ2v) is 19.8. The Morgan fingerprint density at radius 3 is 2.02 bits per heavy atom. The molecule has 1 saturated heterocycles. The predicted octanol–water partition coefficient (Wildman–Crippen LogP) is -7.69. The molecule has 452 valence electrons. The number of rotatable bonds is 22. The number of nitrogens with zero attached hydrogens (tertiary/aromatic N) is 1. The molecule has 0 radical (unpaired) electrons. The van der Waals surface area contributed by atoms with Gasteiger partial charge in [0.2, 0.25) is 35.3 Å². The highest BCUT2D eigenvalue weighted by atomic mass is 16.7. The molecule has 32 heteroatoms. The lowest BCUT2D eigenvalue weighted by atomic mass is 9.55. The molecule has 1 aromatic rings. The number of aldehydes is 1. The van der Waals surface area contributed by atoms with Crippen molar-refractivity contribution in [2.45, 2.75) is 144 Å². The van der Waals surface area contributed by atoms with Gasteiger partial charge in [0.1, 0.15) is 96.0 Å². The van der Waals surface area contributed by atoms with Crippen molar-refractivity contribution in [1.82, 2.24) is 26.2 Å². The Hall–Kier alpha value is -7.08. The van der Waals surface area contributed by atoms with Crippen LogP contribution in [0.1, 0.15) is 69.3 Å². The molecule has 6 amide bonds.